The molecule has 0 aliphatic rings. The molecule has 0 unspecified atom stereocenters. The van der Waals surface area contributed by atoms with Gasteiger partial charge in [0.05, 0.1) is 5.52 Å². The summed E-state index contributed by atoms with van der Waals surface area (Å²) in [6.07, 6.45) is 12.0. The highest BCUT2D eigenvalue weighted by atomic mass is 16.3. The molecule has 0 saturated heterocycles. The Kier molecular flexibility index (Phi) is 5.94. The van der Waals surface area contributed by atoms with E-state index in [9.17, 15) is 0 Å². The first-order chi connectivity index (χ1) is 18.7. The van der Waals surface area contributed by atoms with E-state index in [0.29, 0.717) is 0 Å². The standard InChI is InChI=1S/C36H29NO/c1-5-11-23-18-20-32-35(27(23)7-3)31-16-10-15-28(36(31)37-32)26-14-9-13-24(21-26)25-17-19-30-29(12-6-2)33(8-4)38-34(30)22-25/h5-22,37H,3-4H2,1-2H3/b11-5-,12-6-. The van der Waals surface area contributed by atoms with Crippen LogP contribution >= 0.6 is 0 Å². The monoisotopic (exact) mass is 491 g/mol. The Hall–Kier alpha value is -4.82. The van der Waals surface area contributed by atoms with Crippen LogP contribution in [0.1, 0.15) is 36.3 Å². The van der Waals surface area contributed by atoms with E-state index in [1.807, 2.05) is 26.0 Å². The van der Waals surface area contributed by atoms with Crippen molar-refractivity contribution in [2.45, 2.75) is 13.8 Å². The number of nitrogens with one attached hydrogen (secondary N) is 1. The van der Waals surface area contributed by atoms with Crippen molar-refractivity contribution >= 4 is 57.1 Å². The Morgan fingerprint density at radius 3 is 2.29 bits per heavy atom. The molecule has 0 saturated carbocycles. The average molecular weight is 492 g/mol. The maximum Gasteiger partial charge on any atom is 0.136 e. The van der Waals surface area contributed by atoms with E-state index in [1.54, 1.807) is 6.08 Å². The quantitative estimate of drug-likeness (QED) is 0.247. The van der Waals surface area contributed by atoms with Gasteiger partial charge in [-0.1, -0.05) is 92.1 Å². The van der Waals surface area contributed by atoms with Crippen molar-refractivity contribution in [3.05, 3.63) is 121 Å². The lowest BCUT2D eigenvalue weighted by Crippen LogP contribution is -1.84. The summed E-state index contributed by atoms with van der Waals surface area (Å²) < 4.78 is 6.13. The van der Waals surface area contributed by atoms with Gasteiger partial charge in [0.15, 0.2) is 0 Å². The molecule has 2 aromatic heterocycles. The van der Waals surface area contributed by atoms with Gasteiger partial charge in [-0.05, 0) is 72.0 Å². The second-order valence-corrected chi connectivity index (χ2v) is 9.42. The van der Waals surface area contributed by atoms with Gasteiger partial charge in [-0.15, -0.1) is 0 Å². The maximum atomic E-state index is 6.13. The predicted octanol–water partition coefficient (Wildman–Crippen LogP) is 10.8. The molecule has 0 bridgehead atoms. The smallest absolute Gasteiger partial charge is 0.136 e. The van der Waals surface area contributed by atoms with Gasteiger partial charge < -0.3 is 9.40 Å². The normalized spacial score (nSPS) is 11.9. The molecule has 2 heterocycles. The number of benzene rings is 4. The molecule has 2 nitrogen and oxygen atoms in total. The van der Waals surface area contributed by atoms with Gasteiger partial charge in [0.25, 0.3) is 0 Å². The fourth-order valence-corrected chi connectivity index (χ4v) is 5.52. The van der Waals surface area contributed by atoms with Crippen molar-refractivity contribution in [2.75, 3.05) is 0 Å². The lowest BCUT2D eigenvalue weighted by molar-refractivity contribution is 0.603. The Bertz CT molecular complexity index is 1920. The molecule has 6 aromatic rings. The van der Waals surface area contributed by atoms with Crippen molar-refractivity contribution in [3.63, 3.8) is 0 Å². The number of furan rings is 1. The van der Waals surface area contributed by atoms with Crippen LogP contribution in [0, 0.1) is 0 Å². The third-order valence-electron chi connectivity index (χ3n) is 7.21. The summed E-state index contributed by atoms with van der Waals surface area (Å²) in [5.41, 5.74) is 11.1. The first-order valence-corrected chi connectivity index (χ1v) is 12.9. The summed E-state index contributed by atoms with van der Waals surface area (Å²) in [5, 5.41) is 3.51. The molecule has 0 atom stereocenters. The number of H-pyrrole nitrogens is 1. The van der Waals surface area contributed by atoms with Crippen molar-refractivity contribution < 1.29 is 4.42 Å². The van der Waals surface area contributed by atoms with Crippen LogP contribution in [-0.4, -0.2) is 4.98 Å². The van der Waals surface area contributed by atoms with E-state index in [2.05, 4.69) is 109 Å². The largest absolute Gasteiger partial charge is 0.456 e. The van der Waals surface area contributed by atoms with Crippen LogP contribution in [0.25, 0.3) is 79.3 Å². The number of hydrogen-bond donors (Lipinski definition) is 1. The highest BCUT2D eigenvalue weighted by Gasteiger charge is 2.15. The molecule has 0 spiro atoms. The summed E-state index contributed by atoms with van der Waals surface area (Å²) in [6, 6.07) is 26.0. The molecule has 6 rings (SSSR count). The lowest BCUT2D eigenvalue weighted by atomic mass is 9.95. The molecule has 0 amide bonds. The molecule has 0 fully saturated rings. The number of allylic oxidation sites excluding steroid dienone is 2. The molecule has 0 radical (unpaired) electrons. The fourth-order valence-electron chi connectivity index (χ4n) is 5.52. The van der Waals surface area contributed by atoms with Gasteiger partial charge in [0, 0.05) is 32.8 Å². The van der Waals surface area contributed by atoms with Crippen LogP contribution < -0.4 is 0 Å². The second-order valence-electron chi connectivity index (χ2n) is 9.42. The van der Waals surface area contributed by atoms with E-state index in [0.717, 1.165) is 55.6 Å². The molecule has 1 N–H and O–H groups in total. The molecule has 0 aliphatic carbocycles. The Morgan fingerprint density at radius 1 is 0.711 bits per heavy atom. The van der Waals surface area contributed by atoms with E-state index < -0.39 is 0 Å². The number of aromatic nitrogens is 1. The van der Waals surface area contributed by atoms with Gasteiger partial charge in [0.2, 0.25) is 0 Å². The fraction of sp³-hybridized carbons (Fsp3) is 0.0556. The summed E-state index contributed by atoms with van der Waals surface area (Å²) in [4.78, 5) is 3.70. The van der Waals surface area contributed by atoms with Gasteiger partial charge in [-0.3, -0.25) is 0 Å². The van der Waals surface area contributed by atoms with Gasteiger partial charge in [0.1, 0.15) is 11.3 Å². The number of fused-ring (bicyclic) bond motifs is 4. The molecule has 2 heteroatoms. The van der Waals surface area contributed by atoms with Crippen LogP contribution in [0.5, 0.6) is 0 Å². The van der Waals surface area contributed by atoms with E-state index >= 15 is 0 Å². The Morgan fingerprint density at radius 2 is 1.50 bits per heavy atom. The van der Waals surface area contributed by atoms with Crippen LogP contribution in [0.4, 0.5) is 0 Å². The Labute approximate surface area is 222 Å². The molecule has 4 aromatic carbocycles. The number of para-hydroxylation sites is 1. The second kappa shape index (κ2) is 9.57. The van der Waals surface area contributed by atoms with Crippen molar-refractivity contribution in [1.29, 1.82) is 0 Å². The zero-order valence-corrected chi connectivity index (χ0v) is 21.7. The van der Waals surface area contributed by atoms with Crippen molar-refractivity contribution in [2.24, 2.45) is 0 Å². The first kappa shape index (κ1) is 23.6. The molecule has 38 heavy (non-hydrogen) atoms. The first-order valence-electron chi connectivity index (χ1n) is 12.9. The minimum Gasteiger partial charge on any atom is -0.456 e. The molecular weight excluding hydrogens is 462 g/mol. The molecule has 0 aliphatic heterocycles. The van der Waals surface area contributed by atoms with Gasteiger partial charge in [-0.25, -0.2) is 0 Å². The van der Waals surface area contributed by atoms with Crippen LogP contribution in [0.3, 0.4) is 0 Å². The number of hydrogen-bond acceptors (Lipinski definition) is 1. The number of aromatic amines is 1. The maximum absolute atomic E-state index is 6.13. The zero-order chi connectivity index (χ0) is 26.2. The SMILES string of the molecule is C=Cc1oc2cc(-c3cccc(-c4cccc5c4[nH]c4ccc(/C=C\C)c(C=C)c45)c3)ccc2c1/C=C\C. The highest BCUT2D eigenvalue weighted by Crippen LogP contribution is 2.38. The summed E-state index contributed by atoms with van der Waals surface area (Å²) >= 11 is 0. The van der Waals surface area contributed by atoms with Crippen LogP contribution in [0.2, 0.25) is 0 Å². The predicted molar refractivity (Wildman–Crippen MR) is 166 cm³/mol. The summed E-state index contributed by atoms with van der Waals surface area (Å²) in [7, 11) is 0. The van der Waals surface area contributed by atoms with Crippen LogP contribution in [0.15, 0.2) is 103 Å². The van der Waals surface area contributed by atoms with Gasteiger partial charge >= 0.3 is 0 Å². The van der Waals surface area contributed by atoms with E-state index in [4.69, 9.17) is 4.42 Å². The average Bonchev–Trinajstić information content (AvgIpc) is 3.51. The summed E-state index contributed by atoms with van der Waals surface area (Å²) in [5.74, 6) is 0.797. The topological polar surface area (TPSA) is 28.9 Å². The Balaban J connectivity index is 1.50. The highest BCUT2D eigenvalue weighted by molar-refractivity contribution is 6.15. The van der Waals surface area contributed by atoms with Crippen LogP contribution in [-0.2, 0) is 0 Å². The minimum absolute atomic E-state index is 0.797. The van der Waals surface area contributed by atoms with E-state index in [-0.39, 0.29) is 0 Å². The minimum atomic E-state index is 0.797. The van der Waals surface area contributed by atoms with Crippen molar-refractivity contribution in [3.8, 4) is 22.3 Å². The summed E-state index contributed by atoms with van der Waals surface area (Å²) in [6.45, 7) is 12.1. The van der Waals surface area contributed by atoms with E-state index in [1.165, 1.54) is 21.9 Å². The van der Waals surface area contributed by atoms with Gasteiger partial charge in [-0.2, -0.15) is 0 Å². The molecule has 184 valence electrons. The third kappa shape index (κ3) is 3.74. The lowest BCUT2D eigenvalue weighted by Gasteiger charge is -2.08. The zero-order valence-electron chi connectivity index (χ0n) is 21.7. The third-order valence-corrected chi connectivity index (χ3v) is 7.21. The van der Waals surface area contributed by atoms with Crippen molar-refractivity contribution in [1.82, 2.24) is 4.98 Å². The molecular formula is C36H29NO. The number of rotatable bonds is 6.